The Hall–Kier alpha value is -1.89. The van der Waals surface area contributed by atoms with E-state index in [1.54, 1.807) is 11.3 Å². The lowest BCUT2D eigenvalue weighted by atomic mass is 9.97. The van der Waals surface area contributed by atoms with Gasteiger partial charge in [-0.15, -0.1) is 11.3 Å². The van der Waals surface area contributed by atoms with E-state index in [0.29, 0.717) is 39.0 Å². The van der Waals surface area contributed by atoms with Crippen LogP contribution in [0.1, 0.15) is 25.5 Å². The van der Waals surface area contributed by atoms with Gasteiger partial charge in [0.15, 0.2) is 4.96 Å². The molecule has 1 saturated heterocycles. The molecule has 0 atom stereocenters. The summed E-state index contributed by atoms with van der Waals surface area (Å²) in [5, 5.41) is 1.97. The van der Waals surface area contributed by atoms with Crippen LogP contribution in [0.3, 0.4) is 0 Å². The van der Waals surface area contributed by atoms with Crippen LogP contribution in [0.2, 0.25) is 0 Å². The molecule has 0 spiro atoms. The highest BCUT2D eigenvalue weighted by Crippen LogP contribution is 2.20. The lowest BCUT2D eigenvalue weighted by molar-refractivity contribution is -0.151. The zero-order valence-corrected chi connectivity index (χ0v) is 13.3. The number of esters is 1. The van der Waals surface area contributed by atoms with Crippen LogP contribution in [-0.4, -0.2) is 45.9 Å². The molecule has 6 nitrogen and oxygen atoms in total. The third-order valence-corrected chi connectivity index (χ3v) is 4.71. The standard InChI is InChI=1S/C15H19N3O3S/c1-2-21-14(20)11-3-5-17(6-4-11)13(19)9-12-10-18-7-8-22-15(18)16-12/h7-8,10-11H,2-6,9H2,1H3. The molecule has 1 amide bonds. The molecule has 0 saturated carbocycles. The summed E-state index contributed by atoms with van der Waals surface area (Å²) >= 11 is 1.55. The van der Waals surface area contributed by atoms with Gasteiger partial charge in [0.2, 0.25) is 5.91 Å². The van der Waals surface area contributed by atoms with E-state index in [-0.39, 0.29) is 17.8 Å². The fourth-order valence-electron chi connectivity index (χ4n) is 2.75. The van der Waals surface area contributed by atoms with E-state index < -0.39 is 0 Å². The van der Waals surface area contributed by atoms with Crippen LogP contribution in [0.4, 0.5) is 0 Å². The molecule has 22 heavy (non-hydrogen) atoms. The van der Waals surface area contributed by atoms with Gasteiger partial charge in [0.1, 0.15) is 0 Å². The number of imidazole rings is 1. The van der Waals surface area contributed by atoms with E-state index in [4.69, 9.17) is 4.74 Å². The molecule has 0 N–H and O–H groups in total. The summed E-state index contributed by atoms with van der Waals surface area (Å²) in [6.45, 7) is 3.46. The Balaban J connectivity index is 1.53. The second kappa shape index (κ2) is 6.48. The number of carbonyl (C=O) groups excluding carboxylic acids is 2. The van der Waals surface area contributed by atoms with Crippen LogP contribution in [0, 0.1) is 5.92 Å². The van der Waals surface area contributed by atoms with Crippen molar-refractivity contribution < 1.29 is 14.3 Å². The quantitative estimate of drug-likeness (QED) is 0.805. The SMILES string of the molecule is CCOC(=O)C1CCN(C(=O)Cc2cn3ccsc3n2)CC1. The first-order valence-corrected chi connectivity index (χ1v) is 8.41. The topological polar surface area (TPSA) is 63.9 Å². The molecular weight excluding hydrogens is 302 g/mol. The van der Waals surface area contributed by atoms with Crippen molar-refractivity contribution in [2.45, 2.75) is 26.2 Å². The Morgan fingerprint density at radius 1 is 1.41 bits per heavy atom. The summed E-state index contributed by atoms with van der Waals surface area (Å²) in [6, 6.07) is 0. The van der Waals surface area contributed by atoms with Crippen LogP contribution in [0.5, 0.6) is 0 Å². The number of hydrogen-bond acceptors (Lipinski definition) is 5. The molecule has 0 unspecified atom stereocenters. The second-order valence-electron chi connectivity index (χ2n) is 5.41. The Morgan fingerprint density at radius 3 is 2.86 bits per heavy atom. The van der Waals surface area contributed by atoms with Crippen molar-refractivity contribution in [1.29, 1.82) is 0 Å². The van der Waals surface area contributed by atoms with Crippen LogP contribution in [0.25, 0.3) is 4.96 Å². The molecule has 3 rings (SSSR count). The predicted molar refractivity (Wildman–Crippen MR) is 82.7 cm³/mol. The van der Waals surface area contributed by atoms with Crippen LogP contribution >= 0.6 is 11.3 Å². The summed E-state index contributed by atoms with van der Waals surface area (Å²) in [6.07, 6.45) is 5.52. The van der Waals surface area contributed by atoms with Crippen LogP contribution < -0.4 is 0 Å². The first kappa shape index (κ1) is 15.0. The Bertz CT molecular complexity index is 642. The minimum atomic E-state index is -0.135. The molecule has 0 aromatic carbocycles. The molecule has 0 bridgehead atoms. The smallest absolute Gasteiger partial charge is 0.309 e. The maximum absolute atomic E-state index is 12.3. The molecule has 2 aromatic heterocycles. The number of thiazole rings is 1. The lowest BCUT2D eigenvalue weighted by Gasteiger charge is -2.30. The van der Waals surface area contributed by atoms with Gasteiger partial charge in [-0.1, -0.05) is 0 Å². The molecule has 2 aromatic rings. The van der Waals surface area contributed by atoms with Crippen LogP contribution in [-0.2, 0) is 20.7 Å². The lowest BCUT2D eigenvalue weighted by Crippen LogP contribution is -2.41. The molecule has 0 radical (unpaired) electrons. The number of likely N-dealkylation sites (tertiary alicyclic amines) is 1. The zero-order chi connectivity index (χ0) is 15.5. The van der Waals surface area contributed by atoms with E-state index in [1.165, 1.54) is 0 Å². The van der Waals surface area contributed by atoms with Gasteiger partial charge >= 0.3 is 5.97 Å². The molecule has 7 heteroatoms. The number of amides is 1. The van der Waals surface area contributed by atoms with Gasteiger partial charge in [-0.2, -0.15) is 0 Å². The van der Waals surface area contributed by atoms with Crippen molar-refractivity contribution in [2.75, 3.05) is 19.7 Å². The normalized spacial score (nSPS) is 16.1. The van der Waals surface area contributed by atoms with E-state index in [1.807, 2.05) is 34.0 Å². The number of hydrogen-bond donors (Lipinski definition) is 0. The number of carbonyl (C=O) groups is 2. The Labute approximate surface area is 132 Å². The van der Waals surface area contributed by atoms with Gasteiger partial charge in [-0.05, 0) is 19.8 Å². The number of ether oxygens (including phenoxy) is 1. The first-order valence-electron chi connectivity index (χ1n) is 7.53. The zero-order valence-electron chi connectivity index (χ0n) is 12.5. The van der Waals surface area contributed by atoms with Gasteiger partial charge in [-0.3, -0.25) is 14.0 Å². The van der Waals surface area contributed by atoms with Gasteiger partial charge < -0.3 is 9.64 Å². The minimum Gasteiger partial charge on any atom is -0.466 e. The van der Waals surface area contributed by atoms with Crippen molar-refractivity contribution in [2.24, 2.45) is 5.92 Å². The monoisotopic (exact) mass is 321 g/mol. The largest absolute Gasteiger partial charge is 0.466 e. The molecule has 3 heterocycles. The van der Waals surface area contributed by atoms with Gasteiger partial charge in [0.05, 0.1) is 24.6 Å². The average Bonchev–Trinajstić information content (AvgIpc) is 3.09. The first-order chi connectivity index (χ1) is 10.7. The fraction of sp³-hybridized carbons (Fsp3) is 0.533. The van der Waals surface area contributed by atoms with Crippen molar-refractivity contribution in [1.82, 2.24) is 14.3 Å². The van der Waals surface area contributed by atoms with E-state index >= 15 is 0 Å². The summed E-state index contributed by atoms with van der Waals surface area (Å²) in [4.78, 5) is 31.2. The van der Waals surface area contributed by atoms with Gasteiger partial charge in [0, 0.05) is 30.9 Å². The van der Waals surface area contributed by atoms with Gasteiger partial charge in [-0.25, -0.2) is 4.98 Å². The summed E-state index contributed by atoms with van der Waals surface area (Å²) in [5.41, 5.74) is 0.796. The minimum absolute atomic E-state index is 0.0676. The van der Waals surface area contributed by atoms with Crippen molar-refractivity contribution >= 4 is 28.2 Å². The highest BCUT2D eigenvalue weighted by molar-refractivity contribution is 7.15. The molecule has 0 aliphatic carbocycles. The highest BCUT2D eigenvalue weighted by Gasteiger charge is 2.28. The molecule has 118 valence electrons. The van der Waals surface area contributed by atoms with Crippen molar-refractivity contribution in [3.8, 4) is 0 Å². The van der Waals surface area contributed by atoms with Gasteiger partial charge in [0.25, 0.3) is 0 Å². The number of rotatable bonds is 4. The highest BCUT2D eigenvalue weighted by atomic mass is 32.1. The third-order valence-electron chi connectivity index (χ3n) is 3.94. The maximum atomic E-state index is 12.3. The number of nitrogens with zero attached hydrogens (tertiary/aromatic N) is 3. The van der Waals surface area contributed by atoms with Crippen molar-refractivity contribution in [3.05, 3.63) is 23.5 Å². The maximum Gasteiger partial charge on any atom is 0.309 e. The molecular formula is C15H19N3O3S. The molecule has 1 fully saturated rings. The number of fused-ring (bicyclic) bond motifs is 1. The Morgan fingerprint density at radius 2 is 2.18 bits per heavy atom. The summed E-state index contributed by atoms with van der Waals surface area (Å²) < 4.78 is 6.97. The average molecular weight is 321 g/mol. The third kappa shape index (κ3) is 3.14. The summed E-state index contributed by atoms with van der Waals surface area (Å²) in [5.74, 6) is -0.126. The van der Waals surface area contributed by atoms with Crippen molar-refractivity contribution in [3.63, 3.8) is 0 Å². The predicted octanol–water partition coefficient (Wildman–Crippen LogP) is 1.74. The van der Waals surface area contributed by atoms with E-state index in [2.05, 4.69) is 4.98 Å². The van der Waals surface area contributed by atoms with Crippen LogP contribution in [0.15, 0.2) is 17.8 Å². The summed E-state index contributed by atoms with van der Waals surface area (Å²) in [7, 11) is 0. The number of aromatic nitrogens is 2. The molecule has 1 aliphatic heterocycles. The fourth-order valence-corrected chi connectivity index (χ4v) is 3.47. The number of piperidine rings is 1. The van der Waals surface area contributed by atoms with E-state index in [0.717, 1.165) is 10.7 Å². The molecule has 1 aliphatic rings. The second-order valence-corrected chi connectivity index (χ2v) is 6.28. The Kier molecular flexibility index (Phi) is 4.42. The van der Waals surface area contributed by atoms with E-state index in [9.17, 15) is 9.59 Å².